The first kappa shape index (κ1) is 20.2. The van der Waals surface area contributed by atoms with Crippen molar-refractivity contribution < 1.29 is 9.00 Å². The third kappa shape index (κ3) is 3.36. The van der Waals surface area contributed by atoms with Crippen molar-refractivity contribution in [2.75, 3.05) is 18.4 Å². The summed E-state index contributed by atoms with van der Waals surface area (Å²) in [4.78, 5) is 15.5. The van der Waals surface area contributed by atoms with Gasteiger partial charge in [-0.2, -0.15) is 5.10 Å². The molecule has 1 aromatic heterocycles. The fourth-order valence-electron chi connectivity index (χ4n) is 6.62. The zero-order chi connectivity index (χ0) is 22.1. The second-order valence-corrected chi connectivity index (χ2v) is 11.6. The van der Waals surface area contributed by atoms with Crippen LogP contribution in [-0.4, -0.2) is 38.0 Å². The first-order valence-electron chi connectivity index (χ1n) is 12.6. The van der Waals surface area contributed by atoms with Crippen molar-refractivity contribution in [3.8, 4) is 0 Å². The van der Waals surface area contributed by atoms with E-state index in [1.165, 1.54) is 27.9 Å². The predicted molar refractivity (Wildman–Crippen MR) is 127 cm³/mol. The summed E-state index contributed by atoms with van der Waals surface area (Å²) in [5.41, 5.74) is 8.71. The minimum atomic E-state index is -1.67. The lowest BCUT2D eigenvalue weighted by atomic mass is 9.94. The fraction of sp³-hybridized carbons (Fsp3) is 0.600. The molecule has 2 N–H and O–H groups in total. The van der Waals surface area contributed by atoms with Crippen LogP contribution in [0.5, 0.6) is 0 Å². The van der Waals surface area contributed by atoms with Gasteiger partial charge in [0, 0.05) is 29.4 Å². The van der Waals surface area contributed by atoms with Crippen molar-refractivity contribution in [3.05, 3.63) is 39.6 Å². The van der Waals surface area contributed by atoms with E-state index in [2.05, 4.69) is 25.7 Å². The van der Waals surface area contributed by atoms with Gasteiger partial charge < -0.3 is 5.32 Å². The average Bonchev–Trinajstić information content (AvgIpc) is 3.30. The van der Waals surface area contributed by atoms with E-state index in [0.717, 1.165) is 95.1 Å². The molecule has 4 heterocycles. The summed E-state index contributed by atoms with van der Waals surface area (Å²) in [5, 5.41) is 8.52. The molecule has 3 aliphatic carbocycles. The van der Waals surface area contributed by atoms with E-state index in [4.69, 9.17) is 5.10 Å². The molecule has 2 amide bonds. The molecule has 1 saturated heterocycles. The van der Waals surface area contributed by atoms with Crippen LogP contribution in [0, 0.1) is 0 Å². The van der Waals surface area contributed by atoms with E-state index in [1.54, 1.807) is 0 Å². The number of aromatic nitrogens is 2. The molecule has 0 radical (unpaired) electrons. The number of fused-ring (bicyclic) bond motifs is 4. The molecule has 6 aliphatic rings. The number of nitrogens with zero attached hydrogens (tertiary/aromatic N) is 3. The number of benzene rings is 1. The fourth-order valence-corrected chi connectivity index (χ4v) is 7.49. The van der Waals surface area contributed by atoms with Crippen LogP contribution in [0.4, 0.5) is 10.5 Å². The highest BCUT2D eigenvalue weighted by Crippen LogP contribution is 2.44. The number of rotatable bonds is 4. The SMILES string of the molecule is O=C(Nc1c2c(cc3c1CCC3)CCC2)NS(=O)c1nn(C2CC2)c2c1CN1CCC2CC1. The Labute approximate surface area is 196 Å². The van der Waals surface area contributed by atoms with Crippen molar-refractivity contribution >= 4 is 22.7 Å². The normalized spacial score (nSPS) is 25.8. The molecular formula is C25H31N5O2S. The van der Waals surface area contributed by atoms with Gasteiger partial charge in [-0.05, 0) is 99.6 Å². The third-order valence-corrected chi connectivity index (χ3v) is 9.38. The van der Waals surface area contributed by atoms with Gasteiger partial charge in [0.1, 0.15) is 0 Å². The maximum absolute atomic E-state index is 13.4. The van der Waals surface area contributed by atoms with Crippen molar-refractivity contribution in [1.29, 1.82) is 0 Å². The van der Waals surface area contributed by atoms with E-state index >= 15 is 0 Å². The summed E-state index contributed by atoms with van der Waals surface area (Å²) in [5.74, 6) is 0.501. The molecule has 2 bridgehead atoms. The second-order valence-electron chi connectivity index (χ2n) is 10.5. The van der Waals surface area contributed by atoms with E-state index in [1.807, 2.05) is 0 Å². The van der Waals surface area contributed by atoms with E-state index in [-0.39, 0.29) is 6.03 Å². The molecule has 33 heavy (non-hydrogen) atoms. The molecular weight excluding hydrogens is 434 g/mol. The number of amides is 2. The monoisotopic (exact) mass is 465 g/mol. The molecule has 174 valence electrons. The number of carbonyl (C=O) groups excluding carboxylic acids is 1. The zero-order valence-electron chi connectivity index (χ0n) is 19.0. The van der Waals surface area contributed by atoms with Crippen molar-refractivity contribution in [2.24, 2.45) is 0 Å². The summed E-state index contributed by atoms with van der Waals surface area (Å²) in [6.07, 6.45) is 11.1. The largest absolute Gasteiger partial charge is 0.331 e. The van der Waals surface area contributed by atoms with Gasteiger partial charge in [0.05, 0.1) is 6.04 Å². The number of hydrogen-bond acceptors (Lipinski definition) is 4. The Morgan fingerprint density at radius 3 is 2.33 bits per heavy atom. The maximum Gasteiger partial charge on any atom is 0.331 e. The first-order chi connectivity index (χ1) is 16.2. The Hall–Kier alpha value is -2.19. The topological polar surface area (TPSA) is 79.3 Å². The highest BCUT2D eigenvalue weighted by molar-refractivity contribution is 7.83. The van der Waals surface area contributed by atoms with E-state index in [0.29, 0.717) is 17.0 Å². The molecule has 8 heteroatoms. The number of urea groups is 1. The Morgan fingerprint density at radius 2 is 1.67 bits per heavy atom. The molecule has 1 atom stereocenters. The Morgan fingerprint density at radius 1 is 0.970 bits per heavy atom. The van der Waals surface area contributed by atoms with Crippen molar-refractivity contribution in [3.63, 3.8) is 0 Å². The van der Waals surface area contributed by atoms with Crippen LogP contribution in [0.2, 0.25) is 0 Å². The Kier molecular flexibility index (Phi) is 4.69. The summed E-state index contributed by atoms with van der Waals surface area (Å²) in [7, 11) is -1.67. The number of nitrogens with one attached hydrogen (secondary N) is 2. The summed E-state index contributed by atoms with van der Waals surface area (Å²) >= 11 is 0. The number of aryl methyl sites for hydroxylation is 2. The van der Waals surface area contributed by atoms with Crippen LogP contribution in [0.15, 0.2) is 11.1 Å². The number of anilines is 1. The summed E-state index contributed by atoms with van der Waals surface area (Å²) in [6, 6.07) is 2.42. The van der Waals surface area contributed by atoms with Crippen molar-refractivity contribution in [2.45, 2.75) is 87.7 Å². The molecule has 2 fully saturated rings. The smallest absolute Gasteiger partial charge is 0.307 e. The zero-order valence-corrected chi connectivity index (χ0v) is 19.8. The van der Waals surface area contributed by atoms with Gasteiger partial charge in [0.15, 0.2) is 16.0 Å². The van der Waals surface area contributed by atoms with Crippen LogP contribution >= 0.6 is 0 Å². The molecule has 7 nitrogen and oxygen atoms in total. The number of piperidine rings is 1. The highest BCUT2D eigenvalue weighted by Gasteiger charge is 2.39. The van der Waals surface area contributed by atoms with Gasteiger partial charge in [-0.15, -0.1) is 0 Å². The minimum Gasteiger partial charge on any atom is -0.307 e. The molecule has 1 aromatic carbocycles. The Bertz CT molecular complexity index is 1140. The molecule has 8 rings (SSSR count). The van der Waals surface area contributed by atoms with Gasteiger partial charge in [-0.3, -0.25) is 14.3 Å². The molecule has 1 unspecified atom stereocenters. The average molecular weight is 466 g/mol. The third-order valence-electron chi connectivity index (χ3n) is 8.33. The lowest BCUT2D eigenvalue weighted by Crippen LogP contribution is -2.32. The predicted octanol–water partition coefficient (Wildman–Crippen LogP) is 3.73. The minimum absolute atomic E-state index is 0.380. The van der Waals surface area contributed by atoms with Crippen LogP contribution < -0.4 is 10.0 Å². The van der Waals surface area contributed by atoms with Gasteiger partial charge in [-0.1, -0.05) is 6.07 Å². The highest BCUT2D eigenvalue weighted by atomic mass is 32.2. The quantitative estimate of drug-likeness (QED) is 0.721. The Balaban J connectivity index is 1.17. The van der Waals surface area contributed by atoms with E-state index < -0.39 is 11.0 Å². The van der Waals surface area contributed by atoms with Gasteiger partial charge >= 0.3 is 6.03 Å². The van der Waals surface area contributed by atoms with Gasteiger partial charge in [-0.25, -0.2) is 9.00 Å². The first-order valence-corrected chi connectivity index (χ1v) is 13.8. The molecule has 3 aliphatic heterocycles. The lowest BCUT2D eigenvalue weighted by molar-refractivity contribution is 0.216. The maximum atomic E-state index is 13.4. The van der Waals surface area contributed by atoms with E-state index in [9.17, 15) is 9.00 Å². The summed E-state index contributed by atoms with van der Waals surface area (Å²) in [6.45, 7) is 2.98. The van der Waals surface area contributed by atoms with Crippen LogP contribution in [0.1, 0.15) is 84.0 Å². The lowest BCUT2D eigenvalue weighted by Gasteiger charge is -2.27. The van der Waals surface area contributed by atoms with Gasteiger partial charge in [0.2, 0.25) is 0 Å². The van der Waals surface area contributed by atoms with Crippen molar-refractivity contribution in [1.82, 2.24) is 19.4 Å². The standard InChI is InChI=1S/C25H31N5O2S/c31-25(26-22-19-5-1-3-16(19)13-17-4-2-6-20(17)22)28-33(32)24-21-14-29-11-9-15(10-12-29)23(21)30(27-24)18-7-8-18/h13,15,18H,1-12,14H2,(H2,26,28,31). The molecule has 0 spiro atoms. The van der Waals surface area contributed by atoms with Crippen LogP contribution in [0.25, 0.3) is 0 Å². The number of hydrogen-bond donors (Lipinski definition) is 2. The second kappa shape index (κ2) is 7.67. The molecule has 1 saturated carbocycles. The van der Waals surface area contributed by atoms with Gasteiger partial charge in [0.25, 0.3) is 0 Å². The number of carbonyl (C=O) groups is 1. The summed E-state index contributed by atoms with van der Waals surface area (Å²) < 4.78 is 18.3. The molecule has 2 aromatic rings. The van der Waals surface area contributed by atoms with Crippen LogP contribution in [-0.2, 0) is 43.2 Å². The van der Waals surface area contributed by atoms with Crippen LogP contribution in [0.3, 0.4) is 0 Å².